The Kier molecular flexibility index (Phi) is 6.30. The standard InChI is InChI=1S/C15H24FNO/c1-4-10-17(5-2)11-12(3)15(18)13-8-6-7-9-14(13)16/h6-9,12,15,18H,4-5,10-11H2,1-3H3. The zero-order chi connectivity index (χ0) is 13.5. The van der Waals surface area contributed by atoms with E-state index in [1.165, 1.54) is 6.07 Å². The first-order valence-corrected chi connectivity index (χ1v) is 6.75. The third-order valence-electron chi connectivity index (χ3n) is 3.30. The Bertz CT molecular complexity index is 356. The molecule has 0 amide bonds. The number of hydrogen-bond acceptors (Lipinski definition) is 2. The molecule has 18 heavy (non-hydrogen) atoms. The first-order chi connectivity index (χ1) is 8.60. The van der Waals surface area contributed by atoms with Crippen LogP contribution in [0.4, 0.5) is 4.39 Å². The van der Waals surface area contributed by atoms with E-state index in [9.17, 15) is 9.50 Å². The van der Waals surface area contributed by atoms with Crippen molar-refractivity contribution in [3.63, 3.8) is 0 Å². The lowest BCUT2D eigenvalue weighted by Crippen LogP contribution is -2.31. The van der Waals surface area contributed by atoms with Crippen LogP contribution in [0.25, 0.3) is 0 Å². The smallest absolute Gasteiger partial charge is 0.129 e. The fourth-order valence-corrected chi connectivity index (χ4v) is 2.22. The van der Waals surface area contributed by atoms with Gasteiger partial charge in [-0.2, -0.15) is 0 Å². The molecular formula is C15H24FNO. The van der Waals surface area contributed by atoms with Crippen LogP contribution in [0.15, 0.2) is 24.3 Å². The van der Waals surface area contributed by atoms with E-state index in [1.807, 2.05) is 6.92 Å². The van der Waals surface area contributed by atoms with Crippen molar-refractivity contribution >= 4 is 0 Å². The summed E-state index contributed by atoms with van der Waals surface area (Å²) in [4.78, 5) is 2.29. The molecule has 2 unspecified atom stereocenters. The minimum Gasteiger partial charge on any atom is -0.388 e. The average molecular weight is 253 g/mol. The van der Waals surface area contributed by atoms with Crippen molar-refractivity contribution in [2.45, 2.75) is 33.3 Å². The Morgan fingerprint density at radius 1 is 1.28 bits per heavy atom. The van der Waals surface area contributed by atoms with Gasteiger partial charge in [-0.05, 0) is 31.5 Å². The van der Waals surface area contributed by atoms with Crippen molar-refractivity contribution in [3.8, 4) is 0 Å². The fourth-order valence-electron chi connectivity index (χ4n) is 2.22. The highest BCUT2D eigenvalue weighted by Crippen LogP contribution is 2.24. The quantitative estimate of drug-likeness (QED) is 0.806. The van der Waals surface area contributed by atoms with E-state index in [0.29, 0.717) is 5.56 Å². The summed E-state index contributed by atoms with van der Waals surface area (Å²) >= 11 is 0. The summed E-state index contributed by atoms with van der Waals surface area (Å²) in [5.41, 5.74) is 0.401. The Hall–Kier alpha value is -0.930. The van der Waals surface area contributed by atoms with Crippen molar-refractivity contribution < 1.29 is 9.50 Å². The maximum absolute atomic E-state index is 13.6. The van der Waals surface area contributed by atoms with Gasteiger partial charge in [-0.25, -0.2) is 4.39 Å². The van der Waals surface area contributed by atoms with Gasteiger partial charge in [-0.3, -0.25) is 0 Å². The van der Waals surface area contributed by atoms with E-state index in [1.54, 1.807) is 18.2 Å². The number of nitrogens with zero attached hydrogens (tertiary/aromatic N) is 1. The van der Waals surface area contributed by atoms with Crippen LogP contribution >= 0.6 is 0 Å². The minimum atomic E-state index is -0.739. The zero-order valence-electron chi connectivity index (χ0n) is 11.6. The molecule has 0 fully saturated rings. The Balaban J connectivity index is 2.66. The number of hydrogen-bond donors (Lipinski definition) is 1. The number of benzene rings is 1. The predicted molar refractivity (Wildman–Crippen MR) is 72.9 cm³/mol. The highest BCUT2D eigenvalue weighted by molar-refractivity contribution is 5.20. The SMILES string of the molecule is CCCN(CC)CC(C)C(O)c1ccccc1F. The van der Waals surface area contributed by atoms with Crippen LogP contribution in [0.5, 0.6) is 0 Å². The maximum atomic E-state index is 13.6. The summed E-state index contributed by atoms with van der Waals surface area (Å²) in [5, 5.41) is 10.2. The molecule has 0 aliphatic rings. The minimum absolute atomic E-state index is 0.0217. The summed E-state index contributed by atoms with van der Waals surface area (Å²) in [6, 6.07) is 6.46. The molecule has 2 atom stereocenters. The van der Waals surface area contributed by atoms with E-state index in [-0.39, 0.29) is 11.7 Å². The normalized spacial score (nSPS) is 14.8. The third-order valence-corrected chi connectivity index (χ3v) is 3.30. The van der Waals surface area contributed by atoms with Crippen LogP contribution in [-0.4, -0.2) is 29.6 Å². The summed E-state index contributed by atoms with van der Waals surface area (Å²) in [5.74, 6) is -0.302. The number of halogens is 1. The van der Waals surface area contributed by atoms with Crippen molar-refractivity contribution in [1.29, 1.82) is 0 Å². The number of aliphatic hydroxyl groups is 1. The molecule has 1 aromatic rings. The molecule has 3 heteroatoms. The first-order valence-electron chi connectivity index (χ1n) is 6.75. The summed E-state index contributed by atoms with van der Waals surface area (Å²) in [7, 11) is 0. The van der Waals surface area contributed by atoms with Gasteiger partial charge >= 0.3 is 0 Å². The molecule has 0 saturated carbocycles. The highest BCUT2D eigenvalue weighted by Gasteiger charge is 2.21. The largest absolute Gasteiger partial charge is 0.388 e. The van der Waals surface area contributed by atoms with Gasteiger partial charge in [0, 0.05) is 12.1 Å². The molecule has 0 aliphatic heterocycles. The van der Waals surface area contributed by atoms with E-state index in [2.05, 4.69) is 18.7 Å². The lowest BCUT2D eigenvalue weighted by Gasteiger charge is -2.27. The molecule has 0 spiro atoms. The summed E-state index contributed by atoms with van der Waals surface area (Å²) in [6.45, 7) is 8.99. The molecule has 1 aromatic carbocycles. The molecular weight excluding hydrogens is 229 g/mol. The maximum Gasteiger partial charge on any atom is 0.129 e. The van der Waals surface area contributed by atoms with Crippen LogP contribution < -0.4 is 0 Å². The van der Waals surface area contributed by atoms with Gasteiger partial charge in [-0.15, -0.1) is 0 Å². The van der Waals surface area contributed by atoms with Gasteiger partial charge in [0.2, 0.25) is 0 Å². The Labute approximate surface area is 109 Å². The average Bonchev–Trinajstić information content (AvgIpc) is 2.37. The molecule has 0 heterocycles. The van der Waals surface area contributed by atoms with Crippen molar-refractivity contribution in [2.75, 3.05) is 19.6 Å². The van der Waals surface area contributed by atoms with Crippen molar-refractivity contribution in [3.05, 3.63) is 35.6 Å². The third kappa shape index (κ3) is 4.07. The topological polar surface area (TPSA) is 23.5 Å². The van der Waals surface area contributed by atoms with Crippen LogP contribution in [-0.2, 0) is 0 Å². The number of rotatable bonds is 7. The van der Waals surface area contributed by atoms with Crippen molar-refractivity contribution in [1.82, 2.24) is 4.90 Å². The van der Waals surface area contributed by atoms with Gasteiger partial charge in [0.1, 0.15) is 5.82 Å². The fraction of sp³-hybridized carbons (Fsp3) is 0.600. The van der Waals surface area contributed by atoms with Gasteiger partial charge in [-0.1, -0.05) is 39.0 Å². The Morgan fingerprint density at radius 3 is 2.50 bits per heavy atom. The molecule has 2 nitrogen and oxygen atoms in total. The lowest BCUT2D eigenvalue weighted by molar-refractivity contribution is 0.0866. The summed E-state index contributed by atoms with van der Waals surface area (Å²) in [6.07, 6.45) is 0.355. The van der Waals surface area contributed by atoms with E-state index >= 15 is 0 Å². The molecule has 0 aliphatic carbocycles. The number of aliphatic hydroxyl groups excluding tert-OH is 1. The predicted octanol–water partition coefficient (Wildman–Crippen LogP) is 3.23. The lowest BCUT2D eigenvalue weighted by atomic mass is 9.96. The second-order valence-corrected chi connectivity index (χ2v) is 4.84. The van der Waals surface area contributed by atoms with Gasteiger partial charge in [0.05, 0.1) is 6.10 Å². The molecule has 0 saturated heterocycles. The molecule has 0 bridgehead atoms. The van der Waals surface area contributed by atoms with Crippen LogP contribution in [0.2, 0.25) is 0 Å². The van der Waals surface area contributed by atoms with E-state index in [4.69, 9.17) is 0 Å². The highest BCUT2D eigenvalue weighted by atomic mass is 19.1. The molecule has 102 valence electrons. The van der Waals surface area contributed by atoms with Crippen LogP contribution in [0.3, 0.4) is 0 Å². The molecule has 0 radical (unpaired) electrons. The summed E-state index contributed by atoms with van der Waals surface area (Å²) < 4.78 is 13.6. The zero-order valence-corrected chi connectivity index (χ0v) is 11.6. The van der Waals surface area contributed by atoms with E-state index in [0.717, 1.165) is 26.1 Å². The van der Waals surface area contributed by atoms with Gasteiger partial charge < -0.3 is 10.0 Å². The second-order valence-electron chi connectivity index (χ2n) is 4.84. The van der Waals surface area contributed by atoms with E-state index < -0.39 is 6.10 Å². The molecule has 1 N–H and O–H groups in total. The van der Waals surface area contributed by atoms with Crippen molar-refractivity contribution in [2.24, 2.45) is 5.92 Å². The second kappa shape index (κ2) is 7.49. The monoisotopic (exact) mass is 253 g/mol. The molecule has 1 rings (SSSR count). The first kappa shape index (κ1) is 15.1. The molecule has 0 aromatic heterocycles. The van der Waals surface area contributed by atoms with Gasteiger partial charge in [0.15, 0.2) is 0 Å². The van der Waals surface area contributed by atoms with Crippen LogP contribution in [0, 0.1) is 11.7 Å². The van der Waals surface area contributed by atoms with Gasteiger partial charge in [0.25, 0.3) is 0 Å². The Morgan fingerprint density at radius 2 is 1.94 bits per heavy atom. The van der Waals surface area contributed by atoms with Crippen LogP contribution in [0.1, 0.15) is 38.9 Å².